The van der Waals surface area contributed by atoms with E-state index in [-0.39, 0.29) is 0 Å². The van der Waals surface area contributed by atoms with Crippen molar-refractivity contribution in [3.05, 3.63) is 34.7 Å². The first kappa shape index (κ1) is 14.5. The van der Waals surface area contributed by atoms with E-state index in [1.165, 1.54) is 20.5 Å². The van der Waals surface area contributed by atoms with E-state index < -0.39 is 0 Å². The number of fused-ring (bicyclic) bond motifs is 1. The van der Waals surface area contributed by atoms with Gasteiger partial charge < -0.3 is 10.1 Å². The standard InChI is InChI=1S/C16H23NOS/c1-11(10-18-4)9-17-13(3)16-12(2)14-7-5-6-8-15(14)19-16/h5-8,11,13,17H,9-10H2,1-4H3. The maximum Gasteiger partial charge on any atom is 0.0499 e. The largest absolute Gasteiger partial charge is 0.384 e. The number of hydrogen-bond donors (Lipinski definition) is 1. The normalized spacial score (nSPS) is 14.7. The monoisotopic (exact) mass is 277 g/mol. The molecule has 0 aliphatic heterocycles. The highest BCUT2D eigenvalue weighted by Crippen LogP contribution is 2.34. The summed E-state index contributed by atoms with van der Waals surface area (Å²) in [6, 6.07) is 9.05. The van der Waals surface area contributed by atoms with Gasteiger partial charge in [-0.1, -0.05) is 25.1 Å². The molecule has 2 unspecified atom stereocenters. The first-order chi connectivity index (χ1) is 9.13. The smallest absolute Gasteiger partial charge is 0.0499 e. The van der Waals surface area contributed by atoms with Crippen molar-refractivity contribution < 1.29 is 4.74 Å². The number of benzene rings is 1. The second kappa shape index (κ2) is 6.51. The highest BCUT2D eigenvalue weighted by Gasteiger charge is 2.14. The zero-order chi connectivity index (χ0) is 13.8. The van der Waals surface area contributed by atoms with Gasteiger partial charge in [-0.3, -0.25) is 0 Å². The fourth-order valence-electron chi connectivity index (χ4n) is 2.42. The molecule has 0 spiro atoms. The Morgan fingerprint density at radius 3 is 2.68 bits per heavy atom. The van der Waals surface area contributed by atoms with Gasteiger partial charge in [0.2, 0.25) is 0 Å². The molecule has 2 atom stereocenters. The van der Waals surface area contributed by atoms with Crippen LogP contribution in [0.1, 0.15) is 30.3 Å². The molecule has 0 amide bonds. The molecule has 0 radical (unpaired) electrons. The summed E-state index contributed by atoms with van der Waals surface area (Å²) in [6.07, 6.45) is 0. The quantitative estimate of drug-likeness (QED) is 0.856. The van der Waals surface area contributed by atoms with Gasteiger partial charge >= 0.3 is 0 Å². The van der Waals surface area contributed by atoms with Gasteiger partial charge in [-0.05, 0) is 36.8 Å². The van der Waals surface area contributed by atoms with Gasteiger partial charge in [0.15, 0.2) is 0 Å². The van der Waals surface area contributed by atoms with E-state index in [4.69, 9.17) is 4.74 Å². The van der Waals surface area contributed by atoms with Gasteiger partial charge in [0.05, 0.1) is 0 Å². The van der Waals surface area contributed by atoms with Crippen LogP contribution < -0.4 is 5.32 Å². The van der Waals surface area contributed by atoms with Crippen molar-refractivity contribution in [1.29, 1.82) is 0 Å². The Balaban J connectivity index is 2.09. The van der Waals surface area contributed by atoms with Crippen LogP contribution in [0, 0.1) is 12.8 Å². The topological polar surface area (TPSA) is 21.3 Å². The van der Waals surface area contributed by atoms with Gasteiger partial charge in [0.1, 0.15) is 0 Å². The molecule has 1 heterocycles. The third kappa shape index (κ3) is 3.35. The molecule has 104 valence electrons. The number of thiophene rings is 1. The predicted octanol–water partition coefficient (Wildman–Crippen LogP) is 4.14. The van der Waals surface area contributed by atoms with Crippen LogP contribution in [0.25, 0.3) is 10.1 Å². The Hall–Kier alpha value is -0.900. The van der Waals surface area contributed by atoms with Crippen molar-refractivity contribution in [3.63, 3.8) is 0 Å². The summed E-state index contributed by atoms with van der Waals surface area (Å²) in [4.78, 5) is 1.45. The van der Waals surface area contributed by atoms with Gasteiger partial charge in [0, 0.05) is 35.9 Å². The minimum atomic E-state index is 0.400. The predicted molar refractivity (Wildman–Crippen MR) is 84.0 cm³/mol. The molecular formula is C16H23NOS. The van der Waals surface area contributed by atoms with Crippen LogP contribution in [0.4, 0.5) is 0 Å². The van der Waals surface area contributed by atoms with Crippen LogP contribution in [-0.2, 0) is 4.74 Å². The number of rotatable bonds is 6. The van der Waals surface area contributed by atoms with Gasteiger partial charge in [-0.15, -0.1) is 11.3 Å². The lowest BCUT2D eigenvalue weighted by atomic mass is 10.1. The summed E-state index contributed by atoms with van der Waals surface area (Å²) in [5, 5.41) is 5.01. The van der Waals surface area contributed by atoms with Crippen LogP contribution in [-0.4, -0.2) is 20.3 Å². The average Bonchev–Trinajstić information content (AvgIpc) is 2.74. The first-order valence-electron chi connectivity index (χ1n) is 6.83. The highest BCUT2D eigenvalue weighted by atomic mass is 32.1. The van der Waals surface area contributed by atoms with Crippen molar-refractivity contribution in [1.82, 2.24) is 5.32 Å². The first-order valence-corrected chi connectivity index (χ1v) is 7.65. The van der Waals surface area contributed by atoms with Crippen LogP contribution in [0.15, 0.2) is 24.3 Å². The summed E-state index contributed by atoms with van der Waals surface area (Å²) < 4.78 is 6.56. The molecule has 0 saturated heterocycles. The zero-order valence-corrected chi connectivity index (χ0v) is 13.0. The summed E-state index contributed by atoms with van der Waals surface area (Å²) in [7, 11) is 1.76. The maximum absolute atomic E-state index is 5.18. The molecule has 0 aliphatic rings. The van der Waals surface area contributed by atoms with Crippen LogP contribution >= 0.6 is 11.3 Å². The summed E-state index contributed by atoms with van der Waals surface area (Å²) in [5.74, 6) is 0.544. The lowest BCUT2D eigenvalue weighted by molar-refractivity contribution is 0.157. The van der Waals surface area contributed by atoms with Gasteiger partial charge in [-0.25, -0.2) is 0 Å². The van der Waals surface area contributed by atoms with E-state index in [2.05, 4.69) is 50.4 Å². The summed E-state index contributed by atoms with van der Waals surface area (Å²) in [5.41, 5.74) is 1.42. The molecule has 0 bridgehead atoms. The minimum Gasteiger partial charge on any atom is -0.384 e. The summed E-state index contributed by atoms with van der Waals surface area (Å²) >= 11 is 1.90. The van der Waals surface area contributed by atoms with Crippen molar-refractivity contribution in [2.45, 2.75) is 26.8 Å². The molecule has 3 heteroatoms. The molecule has 0 aliphatic carbocycles. The third-order valence-electron chi connectivity index (χ3n) is 3.50. The molecular weight excluding hydrogens is 254 g/mol. The van der Waals surface area contributed by atoms with E-state index in [1.54, 1.807) is 7.11 Å². The molecule has 0 saturated carbocycles. The number of methoxy groups -OCH3 is 1. The van der Waals surface area contributed by atoms with E-state index >= 15 is 0 Å². The Bertz CT molecular complexity index is 535. The van der Waals surface area contributed by atoms with E-state index in [0.717, 1.165) is 13.2 Å². The second-order valence-corrected chi connectivity index (χ2v) is 6.36. The van der Waals surface area contributed by atoms with Crippen molar-refractivity contribution in [3.8, 4) is 0 Å². The Kier molecular flexibility index (Phi) is 4.97. The lowest BCUT2D eigenvalue weighted by Gasteiger charge is -2.17. The van der Waals surface area contributed by atoms with E-state index in [1.807, 2.05) is 11.3 Å². The van der Waals surface area contributed by atoms with Crippen LogP contribution in [0.5, 0.6) is 0 Å². The molecule has 19 heavy (non-hydrogen) atoms. The third-order valence-corrected chi connectivity index (χ3v) is 4.95. The number of ether oxygens (including phenoxy) is 1. The highest BCUT2D eigenvalue weighted by molar-refractivity contribution is 7.19. The molecule has 2 aromatic rings. The molecule has 1 aromatic heterocycles. The fraction of sp³-hybridized carbons (Fsp3) is 0.500. The van der Waals surface area contributed by atoms with E-state index in [0.29, 0.717) is 12.0 Å². The molecule has 0 fully saturated rings. The average molecular weight is 277 g/mol. The number of nitrogens with one attached hydrogen (secondary N) is 1. The van der Waals surface area contributed by atoms with Gasteiger partial charge in [0.25, 0.3) is 0 Å². The summed E-state index contributed by atoms with van der Waals surface area (Å²) in [6.45, 7) is 8.48. The lowest BCUT2D eigenvalue weighted by Crippen LogP contribution is -2.26. The van der Waals surface area contributed by atoms with Crippen molar-refractivity contribution in [2.75, 3.05) is 20.3 Å². The Morgan fingerprint density at radius 2 is 2.00 bits per heavy atom. The van der Waals surface area contributed by atoms with Crippen LogP contribution in [0.2, 0.25) is 0 Å². The molecule has 1 aromatic carbocycles. The van der Waals surface area contributed by atoms with Crippen LogP contribution in [0.3, 0.4) is 0 Å². The Labute approximate surface area is 119 Å². The minimum absolute atomic E-state index is 0.400. The zero-order valence-electron chi connectivity index (χ0n) is 12.2. The number of aryl methyl sites for hydroxylation is 1. The molecule has 1 N–H and O–H groups in total. The SMILES string of the molecule is COCC(C)CNC(C)c1sc2ccccc2c1C. The molecule has 2 nitrogen and oxygen atoms in total. The maximum atomic E-state index is 5.18. The molecule has 2 rings (SSSR count). The number of hydrogen-bond acceptors (Lipinski definition) is 3. The Morgan fingerprint density at radius 1 is 1.26 bits per heavy atom. The second-order valence-electron chi connectivity index (χ2n) is 5.28. The van der Waals surface area contributed by atoms with Crippen molar-refractivity contribution >= 4 is 21.4 Å². The van der Waals surface area contributed by atoms with E-state index in [9.17, 15) is 0 Å². The van der Waals surface area contributed by atoms with Crippen molar-refractivity contribution in [2.24, 2.45) is 5.92 Å². The fourth-order valence-corrected chi connectivity index (χ4v) is 3.66. The van der Waals surface area contributed by atoms with Gasteiger partial charge in [-0.2, -0.15) is 0 Å².